The molecular formula is C10H15N3O2S. The van der Waals surface area contributed by atoms with E-state index in [1.807, 2.05) is 17.2 Å². The van der Waals surface area contributed by atoms with E-state index in [1.54, 1.807) is 16.8 Å². The van der Waals surface area contributed by atoms with Gasteiger partial charge in [-0.2, -0.15) is 0 Å². The highest BCUT2D eigenvalue weighted by Gasteiger charge is 2.32. The van der Waals surface area contributed by atoms with Gasteiger partial charge in [-0.25, -0.2) is 4.98 Å². The molecule has 2 N–H and O–H groups in total. The molecule has 0 radical (unpaired) electrons. The molecule has 0 bridgehead atoms. The Morgan fingerprint density at radius 2 is 2.62 bits per heavy atom. The van der Waals surface area contributed by atoms with Gasteiger partial charge in [0.15, 0.2) is 0 Å². The fourth-order valence-corrected chi connectivity index (χ4v) is 2.65. The minimum atomic E-state index is -0.769. The quantitative estimate of drug-likeness (QED) is 0.809. The Balaban J connectivity index is 2.14. The minimum Gasteiger partial charge on any atom is -0.480 e. The van der Waals surface area contributed by atoms with Gasteiger partial charge < -0.3 is 10.4 Å². The third-order valence-corrected chi connectivity index (χ3v) is 3.55. The van der Waals surface area contributed by atoms with Crippen LogP contribution in [0.1, 0.15) is 18.7 Å². The zero-order valence-corrected chi connectivity index (χ0v) is 9.91. The number of aromatic nitrogens is 1. The molecule has 0 aliphatic carbocycles. The van der Waals surface area contributed by atoms with E-state index in [2.05, 4.69) is 10.3 Å². The van der Waals surface area contributed by atoms with E-state index in [0.717, 1.165) is 18.8 Å². The summed E-state index contributed by atoms with van der Waals surface area (Å²) in [5.41, 5.74) is 2.74. The van der Waals surface area contributed by atoms with E-state index in [-0.39, 0.29) is 6.04 Å². The summed E-state index contributed by atoms with van der Waals surface area (Å²) in [6.07, 6.45) is 0. The van der Waals surface area contributed by atoms with Crippen LogP contribution in [0.5, 0.6) is 0 Å². The normalized spacial score (nSPS) is 24.2. The van der Waals surface area contributed by atoms with Crippen LogP contribution in [0.15, 0.2) is 10.9 Å². The van der Waals surface area contributed by atoms with E-state index in [9.17, 15) is 4.79 Å². The largest absolute Gasteiger partial charge is 0.480 e. The van der Waals surface area contributed by atoms with Crippen LogP contribution >= 0.6 is 11.3 Å². The van der Waals surface area contributed by atoms with Crippen LogP contribution in [0.3, 0.4) is 0 Å². The molecule has 0 amide bonds. The average Bonchev–Trinajstić information content (AvgIpc) is 2.81. The fraction of sp³-hybridized carbons (Fsp3) is 0.600. The molecule has 2 atom stereocenters. The first-order valence-electron chi connectivity index (χ1n) is 5.27. The number of carbonyl (C=O) groups is 1. The summed E-state index contributed by atoms with van der Waals surface area (Å²) >= 11 is 1.54. The molecule has 0 saturated carbocycles. The zero-order chi connectivity index (χ0) is 11.5. The molecule has 2 heterocycles. The lowest BCUT2D eigenvalue weighted by Crippen LogP contribution is -2.55. The summed E-state index contributed by atoms with van der Waals surface area (Å²) in [6, 6.07) is -0.389. The first-order valence-corrected chi connectivity index (χ1v) is 6.22. The monoisotopic (exact) mass is 241 g/mol. The molecule has 6 heteroatoms. The summed E-state index contributed by atoms with van der Waals surface area (Å²) < 4.78 is 0. The van der Waals surface area contributed by atoms with Crippen molar-refractivity contribution in [2.75, 3.05) is 19.6 Å². The molecule has 1 aromatic rings. The fourth-order valence-electron chi connectivity index (χ4n) is 2.01. The Labute approximate surface area is 98.1 Å². The highest BCUT2D eigenvalue weighted by Crippen LogP contribution is 2.23. The topological polar surface area (TPSA) is 65.5 Å². The van der Waals surface area contributed by atoms with Crippen molar-refractivity contribution in [1.82, 2.24) is 15.2 Å². The molecule has 0 aromatic carbocycles. The Bertz CT molecular complexity index is 355. The van der Waals surface area contributed by atoms with Crippen molar-refractivity contribution in [3.05, 3.63) is 16.6 Å². The average molecular weight is 241 g/mol. The van der Waals surface area contributed by atoms with E-state index < -0.39 is 12.0 Å². The van der Waals surface area contributed by atoms with Crippen molar-refractivity contribution < 1.29 is 9.90 Å². The summed E-state index contributed by atoms with van der Waals surface area (Å²) in [5, 5.41) is 14.2. The molecule has 2 unspecified atom stereocenters. The lowest BCUT2D eigenvalue weighted by Gasteiger charge is -2.37. The third kappa shape index (κ3) is 2.23. The van der Waals surface area contributed by atoms with Gasteiger partial charge in [-0.3, -0.25) is 9.69 Å². The van der Waals surface area contributed by atoms with Crippen molar-refractivity contribution in [3.8, 4) is 0 Å². The maximum absolute atomic E-state index is 11.1. The van der Waals surface area contributed by atoms with Gasteiger partial charge in [0.1, 0.15) is 6.04 Å². The van der Waals surface area contributed by atoms with Gasteiger partial charge in [-0.15, -0.1) is 11.3 Å². The van der Waals surface area contributed by atoms with Crippen molar-refractivity contribution in [2.45, 2.75) is 19.0 Å². The molecule has 1 aliphatic heterocycles. The number of hydrogen-bond donors (Lipinski definition) is 2. The first kappa shape index (κ1) is 11.5. The molecule has 1 aliphatic rings. The third-order valence-electron chi connectivity index (χ3n) is 2.95. The predicted molar refractivity (Wildman–Crippen MR) is 61.5 cm³/mol. The van der Waals surface area contributed by atoms with Crippen LogP contribution in [-0.4, -0.2) is 46.6 Å². The number of hydrogen-bond acceptors (Lipinski definition) is 5. The van der Waals surface area contributed by atoms with E-state index in [1.165, 1.54) is 0 Å². The van der Waals surface area contributed by atoms with Crippen LogP contribution in [0.2, 0.25) is 0 Å². The number of rotatable bonds is 3. The second-order valence-corrected chi connectivity index (χ2v) is 4.60. The molecule has 1 aromatic heterocycles. The number of thiazole rings is 1. The van der Waals surface area contributed by atoms with E-state index >= 15 is 0 Å². The van der Waals surface area contributed by atoms with Gasteiger partial charge in [0.05, 0.1) is 17.2 Å². The summed E-state index contributed by atoms with van der Waals surface area (Å²) in [7, 11) is 0. The molecule has 0 spiro atoms. The van der Waals surface area contributed by atoms with Crippen LogP contribution in [0.25, 0.3) is 0 Å². The van der Waals surface area contributed by atoms with Gasteiger partial charge in [-0.1, -0.05) is 0 Å². The lowest BCUT2D eigenvalue weighted by molar-refractivity contribution is -0.145. The van der Waals surface area contributed by atoms with Gasteiger partial charge in [0.2, 0.25) is 0 Å². The summed E-state index contributed by atoms with van der Waals surface area (Å²) in [4.78, 5) is 17.4. The molecule has 5 nitrogen and oxygen atoms in total. The maximum atomic E-state index is 11.1. The van der Waals surface area contributed by atoms with Crippen LogP contribution < -0.4 is 5.32 Å². The van der Waals surface area contributed by atoms with Crippen molar-refractivity contribution >= 4 is 17.3 Å². The number of nitrogens with one attached hydrogen (secondary N) is 1. The smallest absolute Gasteiger partial charge is 0.322 e. The molecule has 16 heavy (non-hydrogen) atoms. The van der Waals surface area contributed by atoms with Crippen molar-refractivity contribution in [2.24, 2.45) is 0 Å². The Morgan fingerprint density at radius 1 is 1.81 bits per heavy atom. The highest BCUT2D eigenvalue weighted by atomic mass is 32.1. The SMILES string of the molecule is CC(c1cscn1)N1CCNCC1C(=O)O. The van der Waals surface area contributed by atoms with E-state index in [4.69, 9.17) is 5.11 Å². The number of carboxylic acid groups (broad SMARTS) is 1. The zero-order valence-electron chi connectivity index (χ0n) is 9.09. The van der Waals surface area contributed by atoms with Crippen LogP contribution in [0, 0.1) is 0 Å². The predicted octanol–water partition coefficient (Wildman–Crippen LogP) is 0.562. The molecule has 1 saturated heterocycles. The Hall–Kier alpha value is -0.980. The number of piperazine rings is 1. The van der Waals surface area contributed by atoms with Gasteiger partial charge >= 0.3 is 5.97 Å². The van der Waals surface area contributed by atoms with Crippen molar-refractivity contribution in [3.63, 3.8) is 0 Å². The summed E-state index contributed by atoms with van der Waals surface area (Å²) in [5.74, 6) is -0.769. The maximum Gasteiger partial charge on any atom is 0.322 e. The van der Waals surface area contributed by atoms with Gasteiger partial charge in [0.25, 0.3) is 0 Å². The van der Waals surface area contributed by atoms with Crippen LogP contribution in [0.4, 0.5) is 0 Å². The molecule has 88 valence electrons. The van der Waals surface area contributed by atoms with Gasteiger partial charge in [-0.05, 0) is 6.92 Å². The first-order chi connectivity index (χ1) is 7.70. The second-order valence-electron chi connectivity index (χ2n) is 3.89. The number of aliphatic carboxylic acids is 1. The van der Waals surface area contributed by atoms with Crippen molar-refractivity contribution in [1.29, 1.82) is 0 Å². The molecular weight excluding hydrogens is 226 g/mol. The number of nitrogens with zero attached hydrogens (tertiary/aromatic N) is 2. The second kappa shape index (κ2) is 4.90. The number of carboxylic acids is 1. The lowest BCUT2D eigenvalue weighted by atomic mass is 10.1. The minimum absolute atomic E-state index is 0.0643. The standard InChI is InChI=1S/C10H15N3O2S/c1-7(8-5-16-6-12-8)13-3-2-11-4-9(13)10(14)15/h5-7,9,11H,2-4H2,1H3,(H,14,15). The molecule has 2 rings (SSSR count). The Morgan fingerprint density at radius 3 is 3.25 bits per heavy atom. The van der Waals surface area contributed by atoms with Crippen LogP contribution in [-0.2, 0) is 4.79 Å². The Kier molecular flexibility index (Phi) is 3.52. The highest BCUT2D eigenvalue weighted by molar-refractivity contribution is 7.07. The summed E-state index contributed by atoms with van der Waals surface area (Å²) in [6.45, 7) is 4.09. The van der Waals surface area contributed by atoms with Gasteiger partial charge in [0, 0.05) is 25.0 Å². The molecule has 1 fully saturated rings. The van der Waals surface area contributed by atoms with E-state index in [0.29, 0.717) is 6.54 Å².